The smallest absolute Gasteiger partial charge is 0.270 e. The predicted octanol–water partition coefficient (Wildman–Crippen LogP) is 4.43. The minimum absolute atomic E-state index is 0.0209. The molecule has 0 radical (unpaired) electrons. The number of allylic oxidation sites excluding steroid dienone is 1. The van der Waals surface area contributed by atoms with Crippen LogP contribution in [0.25, 0.3) is 17.0 Å². The van der Waals surface area contributed by atoms with Gasteiger partial charge in [-0.05, 0) is 42.7 Å². The summed E-state index contributed by atoms with van der Waals surface area (Å²) >= 11 is 0. The van der Waals surface area contributed by atoms with Crippen molar-refractivity contribution >= 4 is 28.4 Å². The predicted molar refractivity (Wildman–Crippen MR) is 92.0 cm³/mol. The van der Waals surface area contributed by atoms with Crippen molar-refractivity contribution in [2.75, 3.05) is 0 Å². The highest BCUT2D eigenvalue weighted by molar-refractivity contribution is 6.19. The van der Waals surface area contributed by atoms with Crippen LogP contribution in [0.4, 0.5) is 10.1 Å². The van der Waals surface area contributed by atoms with Crippen LogP contribution in [0, 0.1) is 15.9 Å². The molecule has 4 rings (SSSR count). The van der Waals surface area contributed by atoms with E-state index in [2.05, 4.69) is 4.98 Å². The zero-order valence-corrected chi connectivity index (χ0v) is 13.1. The molecule has 1 heterocycles. The largest absolute Gasteiger partial charge is 0.358 e. The van der Waals surface area contributed by atoms with Gasteiger partial charge in [0.25, 0.3) is 5.69 Å². The number of hydrogen-bond acceptors (Lipinski definition) is 3. The number of ketones is 1. The maximum atomic E-state index is 13.6. The van der Waals surface area contributed by atoms with Crippen LogP contribution in [0.3, 0.4) is 0 Å². The molecule has 1 N–H and O–H groups in total. The number of Topliss-reactive ketones (excluding diaryl/α,β-unsaturated/α-hetero) is 1. The fraction of sp³-hybridized carbons (Fsp3) is 0.105. The number of halogens is 1. The number of benzene rings is 2. The summed E-state index contributed by atoms with van der Waals surface area (Å²) in [6, 6.07) is 10.5. The number of fused-ring (bicyclic) bond motifs is 3. The minimum Gasteiger partial charge on any atom is -0.358 e. The van der Waals surface area contributed by atoms with E-state index in [9.17, 15) is 19.3 Å². The van der Waals surface area contributed by atoms with Crippen molar-refractivity contribution in [2.24, 2.45) is 0 Å². The normalized spacial score (nSPS) is 15.6. The molecule has 2 aromatic carbocycles. The third kappa shape index (κ3) is 2.61. The first-order valence-electron chi connectivity index (χ1n) is 7.83. The molecule has 1 aromatic heterocycles. The van der Waals surface area contributed by atoms with Crippen LogP contribution in [0.5, 0.6) is 0 Å². The second-order valence-electron chi connectivity index (χ2n) is 6.02. The number of nitro groups is 1. The minimum atomic E-state index is -0.467. The number of H-pyrrole nitrogens is 1. The molecule has 124 valence electrons. The van der Waals surface area contributed by atoms with Crippen molar-refractivity contribution < 1.29 is 14.1 Å². The maximum absolute atomic E-state index is 13.6. The lowest BCUT2D eigenvalue weighted by Gasteiger charge is -2.14. The average molecular weight is 336 g/mol. The van der Waals surface area contributed by atoms with Crippen LogP contribution >= 0.6 is 0 Å². The molecule has 1 aliphatic rings. The number of nitro benzene ring substituents is 1. The Bertz CT molecular complexity index is 1070. The van der Waals surface area contributed by atoms with E-state index in [4.69, 9.17) is 0 Å². The van der Waals surface area contributed by atoms with Crippen molar-refractivity contribution in [3.63, 3.8) is 0 Å². The third-order valence-electron chi connectivity index (χ3n) is 4.42. The fourth-order valence-electron chi connectivity index (χ4n) is 3.27. The molecule has 0 atom stereocenters. The summed E-state index contributed by atoms with van der Waals surface area (Å²) in [5.74, 6) is -0.554. The van der Waals surface area contributed by atoms with Gasteiger partial charge in [0, 0.05) is 34.3 Å². The Morgan fingerprint density at radius 3 is 2.80 bits per heavy atom. The van der Waals surface area contributed by atoms with Crippen LogP contribution in [0.15, 0.2) is 48.0 Å². The number of nitrogens with one attached hydrogen (secondary N) is 1. The van der Waals surface area contributed by atoms with E-state index in [1.807, 2.05) is 0 Å². The van der Waals surface area contributed by atoms with Crippen LogP contribution in [0.1, 0.15) is 28.0 Å². The van der Waals surface area contributed by atoms with Crippen LogP contribution in [-0.4, -0.2) is 15.7 Å². The van der Waals surface area contributed by atoms with Crippen molar-refractivity contribution in [3.05, 3.63) is 80.8 Å². The first-order valence-corrected chi connectivity index (χ1v) is 7.83. The summed E-state index contributed by atoms with van der Waals surface area (Å²) in [5, 5.41) is 11.5. The number of aryl methyl sites for hydroxylation is 1. The molecule has 3 aromatic rings. The lowest BCUT2D eigenvalue weighted by atomic mass is 9.88. The summed E-state index contributed by atoms with van der Waals surface area (Å²) < 4.78 is 13.6. The van der Waals surface area contributed by atoms with E-state index >= 15 is 0 Å². The van der Waals surface area contributed by atoms with E-state index < -0.39 is 10.7 Å². The first kappa shape index (κ1) is 15.3. The number of aromatic nitrogens is 1. The zero-order valence-electron chi connectivity index (χ0n) is 13.1. The highest BCUT2D eigenvalue weighted by Gasteiger charge is 2.26. The molecular weight excluding hydrogens is 323 g/mol. The first-order chi connectivity index (χ1) is 12.0. The standard InChI is InChI=1S/C19H13FN2O3/c20-13-5-7-16-15(10-13)18-17(21-16)6-4-12(19(18)23)8-11-2-1-3-14(9-11)22(24)25/h1-3,5,7-10,21H,4,6H2/b12-8+. The van der Waals surface area contributed by atoms with Gasteiger partial charge in [0.1, 0.15) is 5.82 Å². The van der Waals surface area contributed by atoms with Gasteiger partial charge in [-0.3, -0.25) is 14.9 Å². The Morgan fingerprint density at radius 2 is 2.00 bits per heavy atom. The number of rotatable bonds is 2. The fourth-order valence-corrected chi connectivity index (χ4v) is 3.27. The quantitative estimate of drug-likeness (QED) is 0.427. The molecule has 0 amide bonds. The summed E-state index contributed by atoms with van der Waals surface area (Å²) in [5.41, 5.74) is 3.19. The Balaban J connectivity index is 1.79. The molecule has 0 unspecified atom stereocenters. The molecule has 0 aliphatic heterocycles. The lowest BCUT2D eigenvalue weighted by Crippen LogP contribution is -2.13. The molecule has 1 aliphatic carbocycles. The van der Waals surface area contributed by atoms with Crippen LogP contribution in [0.2, 0.25) is 0 Å². The Morgan fingerprint density at radius 1 is 1.16 bits per heavy atom. The number of nitrogens with zero attached hydrogens (tertiary/aromatic N) is 1. The summed E-state index contributed by atoms with van der Waals surface area (Å²) in [6.45, 7) is 0. The second-order valence-corrected chi connectivity index (χ2v) is 6.02. The number of non-ortho nitro benzene ring substituents is 1. The molecule has 0 fully saturated rings. The van der Waals surface area contributed by atoms with Gasteiger partial charge in [0.15, 0.2) is 5.78 Å². The van der Waals surface area contributed by atoms with Crippen molar-refractivity contribution in [2.45, 2.75) is 12.8 Å². The molecular formula is C19H13FN2O3. The van der Waals surface area contributed by atoms with E-state index in [1.165, 1.54) is 24.3 Å². The average Bonchev–Trinajstić information content (AvgIpc) is 2.96. The molecule has 5 nitrogen and oxygen atoms in total. The Kier molecular flexibility index (Phi) is 3.46. The van der Waals surface area contributed by atoms with Gasteiger partial charge in [0.2, 0.25) is 0 Å². The van der Waals surface area contributed by atoms with Gasteiger partial charge in [-0.2, -0.15) is 0 Å². The van der Waals surface area contributed by atoms with E-state index in [0.717, 1.165) is 11.2 Å². The monoisotopic (exact) mass is 336 g/mol. The summed E-state index contributed by atoms with van der Waals surface area (Å²) in [4.78, 5) is 26.5. The molecule has 25 heavy (non-hydrogen) atoms. The van der Waals surface area contributed by atoms with Gasteiger partial charge in [0.05, 0.1) is 10.5 Å². The van der Waals surface area contributed by atoms with Crippen molar-refractivity contribution in [1.82, 2.24) is 4.98 Å². The van der Waals surface area contributed by atoms with Gasteiger partial charge in [-0.15, -0.1) is 0 Å². The van der Waals surface area contributed by atoms with E-state index in [1.54, 1.807) is 24.3 Å². The van der Waals surface area contributed by atoms with E-state index in [0.29, 0.717) is 34.9 Å². The molecule has 0 spiro atoms. The molecule has 0 saturated carbocycles. The van der Waals surface area contributed by atoms with Gasteiger partial charge in [-0.1, -0.05) is 12.1 Å². The van der Waals surface area contributed by atoms with Gasteiger partial charge in [-0.25, -0.2) is 4.39 Å². The topological polar surface area (TPSA) is 76.0 Å². The van der Waals surface area contributed by atoms with Crippen molar-refractivity contribution in [1.29, 1.82) is 0 Å². The van der Waals surface area contributed by atoms with Gasteiger partial charge < -0.3 is 4.98 Å². The Labute approximate surface area is 141 Å². The molecule has 0 bridgehead atoms. The SMILES string of the molecule is O=C1/C(=C/c2cccc([N+](=O)[O-])c2)CCc2[nH]c3ccc(F)cc3c21. The number of carbonyl (C=O) groups excluding carboxylic acids is 1. The van der Waals surface area contributed by atoms with Crippen LogP contribution < -0.4 is 0 Å². The molecule has 6 heteroatoms. The third-order valence-corrected chi connectivity index (χ3v) is 4.42. The number of aromatic amines is 1. The summed E-state index contributed by atoms with van der Waals surface area (Å²) in [6.07, 6.45) is 2.85. The highest BCUT2D eigenvalue weighted by Crippen LogP contribution is 2.33. The van der Waals surface area contributed by atoms with Gasteiger partial charge >= 0.3 is 0 Å². The lowest BCUT2D eigenvalue weighted by molar-refractivity contribution is -0.384. The second kappa shape index (κ2) is 5.66. The zero-order chi connectivity index (χ0) is 17.6. The highest BCUT2D eigenvalue weighted by atomic mass is 19.1. The summed E-state index contributed by atoms with van der Waals surface area (Å²) in [7, 11) is 0. The Hall–Kier alpha value is -3.28. The van der Waals surface area contributed by atoms with Crippen LogP contribution in [-0.2, 0) is 6.42 Å². The number of carbonyl (C=O) groups is 1. The van der Waals surface area contributed by atoms with E-state index in [-0.39, 0.29) is 11.5 Å². The molecule has 0 saturated heterocycles. The number of hydrogen-bond donors (Lipinski definition) is 1. The maximum Gasteiger partial charge on any atom is 0.270 e. The van der Waals surface area contributed by atoms with Crippen molar-refractivity contribution in [3.8, 4) is 0 Å².